The molecule has 0 unspecified atom stereocenters. The molecule has 0 aliphatic heterocycles. The van der Waals surface area contributed by atoms with Gasteiger partial charge in [-0.15, -0.1) is 0 Å². The van der Waals surface area contributed by atoms with Gasteiger partial charge in [-0.05, 0) is 47.9 Å². The van der Waals surface area contributed by atoms with Crippen molar-refractivity contribution < 1.29 is 15.3 Å². The Balaban J connectivity index is 2.56. The van der Waals surface area contributed by atoms with E-state index >= 15 is 0 Å². The van der Waals surface area contributed by atoms with Crippen LogP contribution in [0.25, 0.3) is 11.1 Å². The van der Waals surface area contributed by atoms with Crippen molar-refractivity contribution in [1.29, 1.82) is 0 Å². The molecule has 2 aromatic carbocycles. The summed E-state index contributed by atoms with van der Waals surface area (Å²) >= 11 is 0. The van der Waals surface area contributed by atoms with Crippen molar-refractivity contribution in [2.75, 3.05) is 0 Å². The fraction of sp³-hybridized carbons (Fsp3) is 0.143. The largest absolute Gasteiger partial charge is 0.508 e. The second kappa shape index (κ2) is 4.37. The number of hydrogen-bond donors (Lipinski definition) is 3. The molecule has 3 nitrogen and oxygen atoms in total. The van der Waals surface area contributed by atoms with E-state index < -0.39 is 0 Å². The van der Waals surface area contributed by atoms with Crippen molar-refractivity contribution in [2.24, 2.45) is 0 Å². The molecule has 17 heavy (non-hydrogen) atoms. The van der Waals surface area contributed by atoms with E-state index in [1.165, 1.54) is 18.2 Å². The number of phenols is 3. The lowest BCUT2D eigenvalue weighted by atomic mass is 10.0. The van der Waals surface area contributed by atoms with Gasteiger partial charge in [0.05, 0.1) is 0 Å². The van der Waals surface area contributed by atoms with E-state index in [2.05, 4.69) is 0 Å². The standard InChI is InChI=1S/C14H14O3/c1-2-9-7-10(3-5-13(9)16)12-8-11(15)4-6-14(12)17/h3-8,15-17H,2H2,1H3. The summed E-state index contributed by atoms with van der Waals surface area (Å²) in [6, 6.07) is 9.49. The normalized spacial score (nSPS) is 10.4. The highest BCUT2D eigenvalue weighted by atomic mass is 16.3. The van der Waals surface area contributed by atoms with Crippen LogP contribution in [0.5, 0.6) is 17.2 Å². The third kappa shape index (κ3) is 2.18. The van der Waals surface area contributed by atoms with Crippen LogP contribution < -0.4 is 0 Å². The zero-order valence-electron chi connectivity index (χ0n) is 9.51. The van der Waals surface area contributed by atoms with Gasteiger partial charge in [-0.2, -0.15) is 0 Å². The second-order valence-electron chi connectivity index (χ2n) is 3.90. The summed E-state index contributed by atoms with van der Waals surface area (Å²) in [5.74, 6) is 0.454. The van der Waals surface area contributed by atoms with E-state index in [0.29, 0.717) is 12.0 Å². The molecule has 3 N–H and O–H groups in total. The molecule has 0 bridgehead atoms. The van der Waals surface area contributed by atoms with Gasteiger partial charge in [0, 0.05) is 5.56 Å². The lowest BCUT2D eigenvalue weighted by Crippen LogP contribution is -1.85. The molecule has 0 heterocycles. The minimum Gasteiger partial charge on any atom is -0.508 e. The van der Waals surface area contributed by atoms with Gasteiger partial charge in [-0.25, -0.2) is 0 Å². The Hall–Kier alpha value is -2.16. The molecule has 0 aromatic heterocycles. The van der Waals surface area contributed by atoms with Gasteiger partial charge in [-0.3, -0.25) is 0 Å². The third-order valence-corrected chi connectivity index (χ3v) is 2.75. The number of aromatic hydroxyl groups is 3. The Morgan fingerprint density at radius 1 is 0.882 bits per heavy atom. The number of rotatable bonds is 2. The minimum atomic E-state index is 0.101. The molecule has 0 fully saturated rings. The first kappa shape index (κ1) is 11.3. The highest BCUT2D eigenvalue weighted by Gasteiger charge is 2.08. The van der Waals surface area contributed by atoms with Crippen LogP contribution in [0.3, 0.4) is 0 Å². The predicted molar refractivity (Wildman–Crippen MR) is 66.3 cm³/mol. The first-order valence-corrected chi connectivity index (χ1v) is 5.46. The van der Waals surface area contributed by atoms with Crippen LogP contribution in [0.4, 0.5) is 0 Å². The van der Waals surface area contributed by atoms with Crippen molar-refractivity contribution >= 4 is 0 Å². The smallest absolute Gasteiger partial charge is 0.123 e. The van der Waals surface area contributed by atoms with Crippen LogP contribution in [0.2, 0.25) is 0 Å². The van der Waals surface area contributed by atoms with Gasteiger partial charge in [0.25, 0.3) is 0 Å². The third-order valence-electron chi connectivity index (χ3n) is 2.75. The van der Waals surface area contributed by atoms with Gasteiger partial charge in [0.1, 0.15) is 17.2 Å². The number of benzene rings is 2. The summed E-state index contributed by atoms with van der Waals surface area (Å²) in [4.78, 5) is 0. The topological polar surface area (TPSA) is 60.7 Å². The van der Waals surface area contributed by atoms with E-state index in [1.54, 1.807) is 12.1 Å². The Labute approximate surface area is 99.6 Å². The quantitative estimate of drug-likeness (QED) is 0.695. The molecular formula is C14H14O3. The molecule has 0 radical (unpaired) electrons. The van der Waals surface area contributed by atoms with Crippen LogP contribution in [0.1, 0.15) is 12.5 Å². The van der Waals surface area contributed by atoms with Gasteiger partial charge in [0.2, 0.25) is 0 Å². The molecule has 0 saturated heterocycles. The zero-order valence-corrected chi connectivity index (χ0v) is 9.51. The fourth-order valence-corrected chi connectivity index (χ4v) is 1.79. The second-order valence-corrected chi connectivity index (χ2v) is 3.90. The van der Waals surface area contributed by atoms with E-state index in [-0.39, 0.29) is 17.2 Å². The van der Waals surface area contributed by atoms with Crippen LogP contribution in [-0.2, 0) is 6.42 Å². The van der Waals surface area contributed by atoms with Crippen LogP contribution in [0, 0.1) is 0 Å². The Morgan fingerprint density at radius 2 is 1.59 bits per heavy atom. The number of hydrogen-bond acceptors (Lipinski definition) is 3. The average Bonchev–Trinajstić information content (AvgIpc) is 2.33. The van der Waals surface area contributed by atoms with Gasteiger partial charge >= 0.3 is 0 Å². The molecular weight excluding hydrogens is 216 g/mol. The van der Waals surface area contributed by atoms with Crippen molar-refractivity contribution in [2.45, 2.75) is 13.3 Å². The van der Waals surface area contributed by atoms with Crippen LogP contribution in [-0.4, -0.2) is 15.3 Å². The monoisotopic (exact) mass is 230 g/mol. The van der Waals surface area contributed by atoms with Gasteiger partial charge < -0.3 is 15.3 Å². The molecule has 2 rings (SSSR count). The Bertz CT molecular complexity index is 547. The Kier molecular flexibility index (Phi) is 2.91. The van der Waals surface area contributed by atoms with E-state index in [1.807, 2.05) is 13.0 Å². The van der Waals surface area contributed by atoms with Gasteiger partial charge in [0.15, 0.2) is 0 Å². The van der Waals surface area contributed by atoms with Crippen LogP contribution >= 0.6 is 0 Å². The summed E-state index contributed by atoms with van der Waals surface area (Å²) in [6.45, 7) is 1.95. The predicted octanol–water partition coefficient (Wildman–Crippen LogP) is 3.03. The van der Waals surface area contributed by atoms with Crippen molar-refractivity contribution in [3.63, 3.8) is 0 Å². The highest BCUT2D eigenvalue weighted by molar-refractivity contribution is 5.72. The van der Waals surface area contributed by atoms with Crippen molar-refractivity contribution in [3.05, 3.63) is 42.0 Å². The molecule has 0 saturated carbocycles. The van der Waals surface area contributed by atoms with Crippen molar-refractivity contribution in [3.8, 4) is 28.4 Å². The van der Waals surface area contributed by atoms with Crippen molar-refractivity contribution in [1.82, 2.24) is 0 Å². The van der Waals surface area contributed by atoms with Gasteiger partial charge in [-0.1, -0.05) is 13.0 Å². The Morgan fingerprint density at radius 3 is 2.29 bits per heavy atom. The first-order valence-electron chi connectivity index (χ1n) is 5.46. The molecule has 3 heteroatoms. The summed E-state index contributed by atoms with van der Waals surface area (Å²) in [5, 5.41) is 28.8. The van der Waals surface area contributed by atoms with E-state index in [0.717, 1.165) is 11.1 Å². The highest BCUT2D eigenvalue weighted by Crippen LogP contribution is 2.34. The van der Waals surface area contributed by atoms with Crippen LogP contribution in [0.15, 0.2) is 36.4 Å². The summed E-state index contributed by atoms with van der Waals surface area (Å²) < 4.78 is 0. The maximum absolute atomic E-state index is 9.75. The average molecular weight is 230 g/mol. The SMILES string of the molecule is CCc1cc(-c2cc(O)ccc2O)ccc1O. The fourth-order valence-electron chi connectivity index (χ4n) is 1.79. The molecule has 0 amide bonds. The molecule has 0 aliphatic carbocycles. The maximum atomic E-state index is 9.75. The molecule has 0 spiro atoms. The number of aryl methyl sites for hydroxylation is 1. The minimum absolute atomic E-state index is 0.101. The zero-order chi connectivity index (χ0) is 12.4. The molecule has 2 aromatic rings. The van der Waals surface area contributed by atoms with E-state index in [9.17, 15) is 15.3 Å². The molecule has 0 atom stereocenters. The number of phenolic OH excluding ortho intramolecular Hbond substituents is 3. The molecule has 88 valence electrons. The lowest BCUT2D eigenvalue weighted by Gasteiger charge is -2.08. The summed E-state index contributed by atoms with van der Waals surface area (Å²) in [6.07, 6.45) is 0.708. The summed E-state index contributed by atoms with van der Waals surface area (Å²) in [7, 11) is 0. The first-order chi connectivity index (χ1) is 8.11. The summed E-state index contributed by atoms with van der Waals surface area (Å²) in [5.41, 5.74) is 2.14. The lowest BCUT2D eigenvalue weighted by molar-refractivity contribution is 0.461. The van der Waals surface area contributed by atoms with E-state index in [4.69, 9.17) is 0 Å². The molecule has 0 aliphatic rings. The maximum Gasteiger partial charge on any atom is 0.123 e.